The van der Waals surface area contributed by atoms with Crippen LogP contribution in [-0.2, 0) is 14.3 Å². The zero-order valence-corrected chi connectivity index (χ0v) is 9.07. The highest BCUT2D eigenvalue weighted by atomic mass is 28.2. The predicted octanol–water partition coefficient (Wildman–Crippen LogP) is 0.334. The minimum atomic E-state index is -0.653. The van der Waals surface area contributed by atoms with Gasteiger partial charge in [-0.05, 0) is 19.4 Å². The first kappa shape index (κ1) is 11.8. The van der Waals surface area contributed by atoms with Crippen molar-refractivity contribution in [3.05, 3.63) is 12.2 Å². The molecule has 0 radical (unpaired) electrons. The second-order valence-electron chi connectivity index (χ2n) is 2.35. The van der Waals surface area contributed by atoms with E-state index in [1.807, 2.05) is 0 Å². The van der Waals surface area contributed by atoms with Crippen LogP contribution in [0.2, 0.25) is 6.04 Å². The molecule has 5 heteroatoms. The Bertz CT molecular complexity index is 221. The maximum atomic E-state index is 10.7. The molecule has 72 valence electrons. The lowest BCUT2D eigenvalue weighted by Crippen LogP contribution is -2.02. The molecule has 0 fully saturated rings. The van der Waals surface area contributed by atoms with E-state index < -0.39 is 9.68 Å². The molecule has 0 unspecified atom stereocenters. The number of carbonyl (C=O) groups is 1. The molecule has 0 saturated carbocycles. The van der Waals surface area contributed by atoms with Gasteiger partial charge in [-0.2, -0.15) is 0 Å². The molecule has 13 heavy (non-hydrogen) atoms. The Morgan fingerprint density at radius 1 is 1.69 bits per heavy atom. The zero-order valence-electron chi connectivity index (χ0n) is 7.66. The van der Waals surface area contributed by atoms with E-state index in [9.17, 15) is 9.59 Å². The number of hydrogen-bond acceptors (Lipinski definition) is 4. The lowest BCUT2D eigenvalue weighted by Gasteiger charge is -1.98. The molecular weight excluding hydrogens is 186 g/mol. The number of rotatable bonds is 6. The summed E-state index contributed by atoms with van der Waals surface area (Å²) in [6.45, 7) is 2.16. The number of hydrogen-bond donors (Lipinski definition) is 0. The Kier molecular flexibility index (Phi) is 8.08. The summed E-state index contributed by atoms with van der Waals surface area (Å²) in [7, 11) is -0.653. The molecule has 0 aromatic rings. The van der Waals surface area contributed by atoms with Crippen molar-refractivity contribution in [2.75, 3.05) is 6.61 Å². The van der Waals surface area contributed by atoms with Crippen LogP contribution in [0.1, 0.15) is 13.3 Å². The normalized spacial score (nSPS) is 10.5. The highest BCUT2D eigenvalue weighted by molar-refractivity contribution is 6.34. The number of carbonyl (C=O) groups excluding carboxylic acids is 2. The van der Waals surface area contributed by atoms with Gasteiger partial charge in [0.25, 0.3) is 0 Å². The van der Waals surface area contributed by atoms with Crippen LogP contribution in [0, 0.1) is 0 Å². The highest BCUT2D eigenvalue weighted by Gasteiger charge is 1.94. The van der Waals surface area contributed by atoms with Crippen molar-refractivity contribution in [2.45, 2.75) is 19.4 Å². The fourth-order valence-corrected chi connectivity index (χ4v) is 1.37. The fraction of sp³-hybridized carbons (Fsp3) is 0.500. The van der Waals surface area contributed by atoms with Gasteiger partial charge in [0, 0.05) is 6.08 Å². The molecule has 0 rings (SSSR count). The van der Waals surface area contributed by atoms with Crippen LogP contribution < -0.4 is 0 Å². The molecule has 0 spiro atoms. The quantitative estimate of drug-likeness (QED) is 0.155. The molecule has 0 amide bonds. The van der Waals surface area contributed by atoms with Crippen molar-refractivity contribution in [3.8, 4) is 0 Å². The lowest BCUT2D eigenvalue weighted by molar-refractivity contribution is -0.137. The Labute approximate surface area is 79.6 Å². The second kappa shape index (κ2) is 8.90. The van der Waals surface area contributed by atoms with Gasteiger partial charge < -0.3 is 4.74 Å². The van der Waals surface area contributed by atoms with E-state index in [0.29, 0.717) is 6.61 Å². The lowest BCUT2D eigenvalue weighted by atomic mass is 10.5. The third kappa shape index (κ3) is 8.72. The van der Waals surface area contributed by atoms with Crippen molar-refractivity contribution in [2.24, 2.45) is 4.66 Å². The minimum Gasteiger partial charge on any atom is -0.463 e. The zero-order chi connectivity index (χ0) is 9.94. The van der Waals surface area contributed by atoms with E-state index in [0.717, 1.165) is 12.5 Å². The van der Waals surface area contributed by atoms with Gasteiger partial charge in [-0.1, -0.05) is 6.08 Å². The molecule has 0 heterocycles. The molecule has 0 aromatic heterocycles. The van der Waals surface area contributed by atoms with E-state index in [1.165, 1.54) is 12.2 Å². The van der Waals surface area contributed by atoms with E-state index in [-0.39, 0.29) is 5.97 Å². The fourth-order valence-electron chi connectivity index (χ4n) is 0.696. The first-order chi connectivity index (χ1) is 6.31. The van der Waals surface area contributed by atoms with Crippen LogP contribution in [-0.4, -0.2) is 28.3 Å². The third-order valence-corrected chi connectivity index (χ3v) is 2.44. The summed E-state index contributed by atoms with van der Waals surface area (Å²) in [6.07, 6.45) is 5.29. The monoisotopic (exact) mass is 199 g/mol. The van der Waals surface area contributed by atoms with Crippen molar-refractivity contribution in [1.29, 1.82) is 0 Å². The van der Waals surface area contributed by atoms with Gasteiger partial charge in [-0.15, -0.1) is 0 Å². The number of esters is 1. The van der Waals surface area contributed by atoms with Crippen LogP contribution in [0.15, 0.2) is 16.8 Å². The van der Waals surface area contributed by atoms with Crippen LogP contribution in [0.5, 0.6) is 0 Å². The Morgan fingerprint density at radius 3 is 3.08 bits per heavy atom. The van der Waals surface area contributed by atoms with Crippen LogP contribution in [0.3, 0.4) is 0 Å². The van der Waals surface area contributed by atoms with E-state index in [4.69, 9.17) is 4.74 Å². The van der Waals surface area contributed by atoms with E-state index in [1.54, 1.807) is 13.0 Å². The van der Waals surface area contributed by atoms with Gasteiger partial charge in [0.05, 0.1) is 6.61 Å². The molecule has 0 aromatic carbocycles. The molecule has 0 aliphatic carbocycles. The number of ether oxygens (including phenoxy) is 1. The Hall–Kier alpha value is -1.19. The first-order valence-electron chi connectivity index (χ1n) is 4.14. The standard InChI is InChI=1S/C8H13NO3Si/c1-2-4-8(11)12-5-3-6-13-9-7-10/h2,4H,3,5-6,13H2,1H3. The van der Waals surface area contributed by atoms with E-state index >= 15 is 0 Å². The smallest absolute Gasteiger partial charge is 0.330 e. The van der Waals surface area contributed by atoms with E-state index in [2.05, 4.69) is 4.66 Å². The molecule has 0 saturated heterocycles. The van der Waals surface area contributed by atoms with Crippen molar-refractivity contribution in [3.63, 3.8) is 0 Å². The second-order valence-corrected chi connectivity index (χ2v) is 3.82. The Morgan fingerprint density at radius 2 is 2.46 bits per heavy atom. The van der Waals surface area contributed by atoms with Gasteiger partial charge in [0.2, 0.25) is 6.08 Å². The van der Waals surface area contributed by atoms with Gasteiger partial charge in [0.1, 0.15) is 0 Å². The van der Waals surface area contributed by atoms with Crippen LogP contribution in [0.4, 0.5) is 0 Å². The first-order valence-corrected chi connectivity index (χ1v) is 5.77. The summed E-state index contributed by atoms with van der Waals surface area (Å²) in [5, 5.41) is 0. The summed E-state index contributed by atoms with van der Waals surface area (Å²) in [5.41, 5.74) is 0. The molecule has 0 N–H and O–H groups in total. The van der Waals surface area contributed by atoms with Crippen molar-refractivity contribution < 1.29 is 14.3 Å². The molecule has 0 atom stereocenters. The van der Waals surface area contributed by atoms with Gasteiger partial charge in [0.15, 0.2) is 9.68 Å². The van der Waals surface area contributed by atoms with Crippen molar-refractivity contribution >= 4 is 21.7 Å². The summed E-state index contributed by atoms with van der Waals surface area (Å²) >= 11 is 0. The molecule has 0 aliphatic rings. The van der Waals surface area contributed by atoms with Gasteiger partial charge >= 0.3 is 5.97 Å². The number of allylic oxidation sites excluding steroid dienone is 1. The predicted molar refractivity (Wildman–Crippen MR) is 51.9 cm³/mol. The molecule has 4 nitrogen and oxygen atoms in total. The van der Waals surface area contributed by atoms with Crippen molar-refractivity contribution in [1.82, 2.24) is 0 Å². The SMILES string of the molecule is CC=CC(=O)OCCC[SiH2]N=C=O. The van der Waals surface area contributed by atoms with Gasteiger partial charge in [-0.3, -0.25) is 4.66 Å². The topological polar surface area (TPSA) is 55.7 Å². The largest absolute Gasteiger partial charge is 0.463 e. The number of nitrogens with zero attached hydrogens (tertiary/aromatic N) is 1. The average Bonchev–Trinajstić information content (AvgIpc) is 2.11. The molecule has 0 aliphatic heterocycles. The summed E-state index contributed by atoms with van der Waals surface area (Å²) in [5.74, 6) is -0.317. The minimum absolute atomic E-state index is 0.317. The summed E-state index contributed by atoms with van der Waals surface area (Å²) < 4.78 is 8.32. The Balaban J connectivity index is 3.25. The summed E-state index contributed by atoms with van der Waals surface area (Å²) in [6, 6.07) is 0.873. The highest BCUT2D eigenvalue weighted by Crippen LogP contribution is 1.91. The van der Waals surface area contributed by atoms with Crippen LogP contribution in [0.25, 0.3) is 0 Å². The third-order valence-electron chi connectivity index (χ3n) is 1.28. The molecular formula is C8H13NO3Si. The maximum Gasteiger partial charge on any atom is 0.330 e. The van der Waals surface area contributed by atoms with Gasteiger partial charge in [-0.25, -0.2) is 9.59 Å². The summed E-state index contributed by atoms with van der Waals surface area (Å²) in [4.78, 5) is 20.4. The number of isocyanates is 1. The maximum absolute atomic E-state index is 10.7. The van der Waals surface area contributed by atoms with Crippen LogP contribution >= 0.6 is 0 Å². The average molecular weight is 199 g/mol. The molecule has 0 bridgehead atoms.